The molecule has 1 amide bonds. The highest BCUT2D eigenvalue weighted by atomic mass is 16.6. The minimum Gasteiger partial charge on any atom is -0.755 e. The first-order valence-corrected chi connectivity index (χ1v) is 8.00. The third-order valence-corrected chi connectivity index (χ3v) is 5.17. The van der Waals surface area contributed by atoms with Crippen LogP contribution >= 0.6 is 0 Å². The smallest absolute Gasteiger partial charge is 0.246 e. The number of nitrogens with zero attached hydrogens (tertiary/aromatic N) is 2. The third-order valence-electron chi connectivity index (χ3n) is 5.17. The Bertz CT molecular complexity index is 561. The number of hydrogen-bond acceptors (Lipinski definition) is 6. The van der Waals surface area contributed by atoms with E-state index in [2.05, 4.69) is 13.8 Å². The van der Waals surface area contributed by atoms with Gasteiger partial charge in [-0.15, -0.1) is 0 Å². The molecule has 1 saturated carbocycles. The summed E-state index contributed by atoms with van der Waals surface area (Å²) < 4.78 is 5.56. The Hall–Kier alpha value is -1.41. The van der Waals surface area contributed by atoms with Crippen molar-refractivity contribution >= 4 is 5.91 Å². The third kappa shape index (κ3) is 3.01. The molecule has 0 radical (unpaired) electrons. The molecular formula is C16H23N2O5-. The number of aliphatic hydroxyl groups is 2. The van der Waals surface area contributed by atoms with Gasteiger partial charge in [0.15, 0.2) is 0 Å². The van der Waals surface area contributed by atoms with E-state index in [1.54, 1.807) is 17.2 Å². The summed E-state index contributed by atoms with van der Waals surface area (Å²) >= 11 is 0. The van der Waals surface area contributed by atoms with Crippen molar-refractivity contribution in [3.8, 4) is 0 Å². The second-order valence-corrected chi connectivity index (χ2v) is 6.80. The molecule has 0 bridgehead atoms. The van der Waals surface area contributed by atoms with E-state index < -0.39 is 24.3 Å². The first-order chi connectivity index (χ1) is 10.9. The number of hydrogen-bond donors (Lipinski definition) is 2. The molecule has 2 N–H and O–H groups in total. The van der Waals surface area contributed by atoms with Crippen LogP contribution in [0.15, 0.2) is 23.4 Å². The number of carbonyl (C=O) groups is 1. The lowest BCUT2D eigenvalue weighted by atomic mass is 10.0. The van der Waals surface area contributed by atoms with Crippen molar-refractivity contribution in [1.82, 2.24) is 9.96 Å². The van der Waals surface area contributed by atoms with Crippen LogP contribution in [-0.4, -0.2) is 57.8 Å². The minimum absolute atomic E-state index is 0.133. The van der Waals surface area contributed by atoms with E-state index in [1.807, 2.05) is 0 Å². The summed E-state index contributed by atoms with van der Waals surface area (Å²) in [6, 6.07) is 0. The van der Waals surface area contributed by atoms with Gasteiger partial charge in [-0.2, -0.15) is 0 Å². The van der Waals surface area contributed by atoms with Gasteiger partial charge < -0.3 is 30.1 Å². The normalized spacial score (nSPS) is 39.2. The van der Waals surface area contributed by atoms with E-state index in [0.717, 1.165) is 12.8 Å². The van der Waals surface area contributed by atoms with Crippen LogP contribution < -0.4 is 0 Å². The summed E-state index contributed by atoms with van der Waals surface area (Å²) in [5, 5.41) is 31.3. The van der Waals surface area contributed by atoms with Crippen molar-refractivity contribution in [1.29, 1.82) is 0 Å². The summed E-state index contributed by atoms with van der Waals surface area (Å²) in [7, 11) is 0. The fourth-order valence-electron chi connectivity index (χ4n) is 3.13. The predicted octanol–water partition coefficient (Wildman–Crippen LogP) is 0.684. The molecule has 1 saturated heterocycles. The molecule has 1 aliphatic carbocycles. The maximum Gasteiger partial charge on any atom is 0.246 e. The predicted molar refractivity (Wildman–Crippen MR) is 82.5 cm³/mol. The quantitative estimate of drug-likeness (QED) is 0.790. The molecule has 0 aromatic carbocycles. The standard InChI is InChI=1S/C16H23N2O5/c1-3-16(2)6-11(16)4-10-7-17(9-18(22)15(10)21)14-5-12(20)13(8-19)23-14/h4,7,12-14,19-20H,3,5-6,8-9H2,1-2H3/q-1/b11-4-/t12?,13-,14-,16?/m1/s1. The molecule has 7 nitrogen and oxygen atoms in total. The lowest BCUT2D eigenvalue weighted by Gasteiger charge is -2.41. The number of aliphatic hydroxyl groups excluding tert-OH is 2. The molecule has 7 heteroatoms. The molecular weight excluding hydrogens is 300 g/mol. The molecule has 2 heterocycles. The molecule has 4 atom stereocenters. The van der Waals surface area contributed by atoms with Crippen LogP contribution in [0.25, 0.3) is 0 Å². The average molecular weight is 323 g/mol. The maximum atomic E-state index is 12.1. The lowest BCUT2D eigenvalue weighted by Crippen LogP contribution is -2.45. The maximum absolute atomic E-state index is 12.1. The van der Waals surface area contributed by atoms with Gasteiger partial charge in [-0.3, -0.25) is 4.79 Å². The van der Waals surface area contributed by atoms with Crippen molar-refractivity contribution in [2.24, 2.45) is 5.41 Å². The van der Waals surface area contributed by atoms with E-state index in [-0.39, 0.29) is 18.7 Å². The highest BCUT2D eigenvalue weighted by Crippen LogP contribution is 2.54. The second kappa shape index (κ2) is 5.90. The minimum atomic E-state index is -0.773. The van der Waals surface area contributed by atoms with Gasteiger partial charge in [0.25, 0.3) is 0 Å². The Morgan fingerprint density at radius 2 is 2.30 bits per heavy atom. The zero-order valence-corrected chi connectivity index (χ0v) is 13.4. The molecule has 23 heavy (non-hydrogen) atoms. The van der Waals surface area contributed by atoms with Gasteiger partial charge in [0.05, 0.1) is 25.0 Å². The fourth-order valence-corrected chi connectivity index (χ4v) is 3.13. The number of ether oxygens (including phenoxy) is 1. The van der Waals surface area contributed by atoms with Gasteiger partial charge in [0.2, 0.25) is 5.91 Å². The Balaban J connectivity index is 1.79. The van der Waals surface area contributed by atoms with Crippen molar-refractivity contribution in [2.45, 2.75) is 51.5 Å². The van der Waals surface area contributed by atoms with Gasteiger partial charge in [-0.1, -0.05) is 19.4 Å². The molecule has 0 aromatic heterocycles. The average Bonchev–Trinajstić information content (AvgIpc) is 3.01. The summed E-state index contributed by atoms with van der Waals surface area (Å²) in [4.78, 5) is 13.7. The van der Waals surface area contributed by atoms with E-state index in [4.69, 9.17) is 9.84 Å². The van der Waals surface area contributed by atoms with Gasteiger partial charge >= 0.3 is 0 Å². The van der Waals surface area contributed by atoms with Crippen molar-refractivity contribution in [3.63, 3.8) is 0 Å². The molecule has 0 spiro atoms. The van der Waals surface area contributed by atoms with Crippen molar-refractivity contribution in [3.05, 3.63) is 28.6 Å². The summed E-state index contributed by atoms with van der Waals surface area (Å²) in [5.74, 6) is -0.545. The first kappa shape index (κ1) is 16.4. The van der Waals surface area contributed by atoms with Crippen LogP contribution in [0.1, 0.15) is 33.1 Å². The molecule has 3 rings (SSSR count). The molecule has 0 aromatic rings. The topological polar surface area (TPSA) is 96.3 Å². The highest BCUT2D eigenvalue weighted by Gasteiger charge is 2.43. The highest BCUT2D eigenvalue weighted by molar-refractivity contribution is 5.97. The van der Waals surface area contributed by atoms with E-state index in [0.29, 0.717) is 17.1 Å². The van der Waals surface area contributed by atoms with Gasteiger partial charge in [-0.25, -0.2) is 0 Å². The largest absolute Gasteiger partial charge is 0.755 e. The molecule has 2 unspecified atom stereocenters. The van der Waals surface area contributed by atoms with Gasteiger partial charge in [-0.05, 0) is 24.3 Å². The number of carbonyl (C=O) groups excluding carboxylic acids is 1. The lowest BCUT2D eigenvalue weighted by molar-refractivity contribution is -0.131. The van der Waals surface area contributed by atoms with Crippen LogP contribution in [0, 0.1) is 10.6 Å². The SMILES string of the molecule is CCC1(C)C/C1=C/C1=CN([C@H]2CC(O)[C@@H](CO)O2)CN([O-])C1=O. The van der Waals surface area contributed by atoms with Crippen LogP contribution in [0.4, 0.5) is 0 Å². The Morgan fingerprint density at radius 1 is 1.57 bits per heavy atom. The Labute approximate surface area is 135 Å². The van der Waals surface area contributed by atoms with E-state index >= 15 is 0 Å². The van der Waals surface area contributed by atoms with E-state index in [1.165, 1.54) is 5.57 Å². The monoisotopic (exact) mass is 323 g/mol. The zero-order chi connectivity index (χ0) is 16.8. The van der Waals surface area contributed by atoms with Crippen LogP contribution in [0.3, 0.4) is 0 Å². The van der Waals surface area contributed by atoms with Gasteiger partial charge in [0.1, 0.15) is 12.3 Å². The fraction of sp³-hybridized carbons (Fsp3) is 0.688. The van der Waals surface area contributed by atoms with Crippen LogP contribution in [0.5, 0.6) is 0 Å². The Morgan fingerprint density at radius 3 is 2.87 bits per heavy atom. The van der Waals surface area contributed by atoms with Crippen molar-refractivity contribution in [2.75, 3.05) is 13.3 Å². The zero-order valence-electron chi connectivity index (χ0n) is 13.4. The summed E-state index contributed by atoms with van der Waals surface area (Å²) in [6.07, 6.45) is 3.73. The summed E-state index contributed by atoms with van der Waals surface area (Å²) in [6.45, 7) is 3.84. The molecule has 3 aliphatic rings. The van der Waals surface area contributed by atoms with E-state index in [9.17, 15) is 15.1 Å². The Kier molecular flexibility index (Phi) is 4.22. The number of allylic oxidation sites excluding steroid dienone is 1. The molecule has 128 valence electrons. The first-order valence-electron chi connectivity index (χ1n) is 8.00. The second-order valence-electron chi connectivity index (χ2n) is 6.80. The van der Waals surface area contributed by atoms with Crippen LogP contribution in [0.2, 0.25) is 0 Å². The number of rotatable bonds is 4. The molecule has 2 aliphatic heterocycles. The van der Waals surface area contributed by atoms with Crippen LogP contribution in [-0.2, 0) is 9.53 Å². The molecule has 2 fully saturated rings. The van der Waals surface area contributed by atoms with Crippen molar-refractivity contribution < 1.29 is 19.7 Å². The number of hydroxylamine groups is 2. The summed E-state index contributed by atoms with van der Waals surface area (Å²) in [5.41, 5.74) is 1.67. The number of amides is 1. The van der Waals surface area contributed by atoms with Gasteiger partial charge in [0, 0.05) is 12.6 Å².